The normalized spacial score (nSPS) is 17.1. The number of carboxylic acids is 1. The maximum Gasteiger partial charge on any atom is 0.339 e. The minimum absolute atomic E-state index is 0.184. The summed E-state index contributed by atoms with van der Waals surface area (Å²) in [6, 6.07) is 3.25. The lowest BCUT2D eigenvalue weighted by Gasteiger charge is -2.20. The molecular weight excluding hydrogens is 234 g/mol. The average molecular weight is 247 g/mol. The summed E-state index contributed by atoms with van der Waals surface area (Å²) in [5.41, 5.74) is 0.592. The van der Waals surface area contributed by atoms with Gasteiger partial charge in [0.1, 0.15) is 11.4 Å². The fourth-order valence-electron chi connectivity index (χ4n) is 2.33. The minimum atomic E-state index is -0.980. The summed E-state index contributed by atoms with van der Waals surface area (Å²) in [5.74, 6) is 0.140. The molecule has 3 heterocycles. The Morgan fingerprint density at radius 1 is 1.39 bits per heavy atom. The van der Waals surface area contributed by atoms with Gasteiger partial charge in [0, 0.05) is 25.3 Å². The Bertz CT molecular complexity index is 587. The second kappa shape index (κ2) is 4.38. The molecule has 0 amide bonds. The van der Waals surface area contributed by atoms with E-state index in [0.717, 1.165) is 31.9 Å². The van der Waals surface area contributed by atoms with E-state index in [4.69, 9.17) is 9.84 Å². The van der Waals surface area contributed by atoms with Crippen LogP contribution in [0.2, 0.25) is 0 Å². The summed E-state index contributed by atoms with van der Waals surface area (Å²) < 4.78 is 7.10. The number of fused-ring (bicyclic) bond motifs is 1. The van der Waals surface area contributed by atoms with Gasteiger partial charge >= 0.3 is 5.97 Å². The van der Waals surface area contributed by atoms with E-state index in [0.29, 0.717) is 5.65 Å². The van der Waals surface area contributed by atoms with Gasteiger partial charge in [0.05, 0.1) is 0 Å². The third-order valence-corrected chi connectivity index (χ3v) is 3.28. The van der Waals surface area contributed by atoms with Crippen LogP contribution in [0.3, 0.4) is 0 Å². The third-order valence-electron chi connectivity index (χ3n) is 3.28. The van der Waals surface area contributed by atoms with Crippen LogP contribution in [0, 0.1) is 0 Å². The summed E-state index contributed by atoms with van der Waals surface area (Å²) >= 11 is 0. The second-order valence-corrected chi connectivity index (χ2v) is 4.37. The SMILES string of the molecule is O=C(O)c1cccn2c(C3CCOCC3)nnc12. The molecule has 94 valence electrons. The predicted octanol–water partition coefficient (Wildman–Crippen LogP) is 1.32. The van der Waals surface area contributed by atoms with Crippen LogP contribution >= 0.6 is 0 Å². The standard InChI is InChI=1S/C12H13N3O3/c16-12(17)9-2-1-5-15-10(13-14-11(9)15)8-3-6-18-7-4-8/h1-2,5,8H,3-4,6-7H2,(H,16,17). The average Bonchev–Trinajstić information content (AvgIpc) is 2.83. The van der Waals surface area contributed by atoms with Gasteiger partial charge < -0.3 is 9.84 Å². The van der Waals surface area contributed by atoms with Gasteiger partial charge in [-0.1, -0.05) is 0 Å². The Morgan fingerprint density at radius 2 is 2.17 bits per heavy atom. The quantitative estimate of drug-likeness (QED) is 0.866. The molecule has 2 aromatic rings. The monoisotopic (exact) mass is 247 g/mol. The second-order valence-electron chi connectivity index (χ2n) is 4.37. The van der Waals surface area contributed by atoms with Crippen molar-refractivity contribution in [3.05, 3.63) is 29.7 Å². The minimum Gasteiger partial charge on any atom is -0.478 e. The lowest BCUT2D eigenvalue weighted by molar-refractivity contribution is 0.0698. The van der Waals surface area contributed by atoms with E-state index in [2.05, 4.69) is 10.2 Å². The molecule has 1 fully saturated rings. The number of nitrogens with zero attached hydrogens (tertiary/aromatic N) is 3. The van der Waals surface area contributed by atoms with Crippen LogP contribution in [-0.4, -0.2) is 38.9 Å². The van der Waals surface area contributed by atoms with E-state index in [9.17, 15) is 4.79 Å². The Labute approximate surface area is 103 Å². The highest BCUT2D eigenvalue weighted by Crippen LogP contribution is 2.26. The van der Waals surface area contributed by atoms with Crippen LogP contribution in [0.4, 0.5) is 0 Å². The fourth-order valence-corrected chi connectivity index (χ4v) is 2.33. The van der Waals surface area contributed by atoms with Gasteiger partial charge in [-0.25, -0.2) is 4.79 Å². The van der Waals surface area contributed by atoms with Gasteiger partial charge in [-0.15, -0.1) is 10.2 Å². The molecular formula is C12H13N3O3. The van der Waals surface area contributed by atoms with Gasteiger partial charge in [-0.3, -0.25) is 4.40 Å². The molecule has 1 saturated heterocycles. The zero-order chi connectivity index (χ0) is 12.5. The van der Waals surface area contributed by atoms with Crippen molar-refractivity contribution in [2.45, 2.75) is 18.8 Å². The molecule has 0 unspecified atom stereocenters. The van der Waals surface area contributed by atoms with Gasteiger partial charge in [0.2, 0.25) is 0 Å². The molecule has 0 bridgehead atoms. The highest BCUT2D eigenvalue weighted by atomic mass is 16.5. The molecule has 1 N–H and O–H groups in total. The molecule has 0 spiro atoms. The molecule has 0 atom stereocenters. The summed E-state index contributed by atoms with van der Waals surface area (Å²) in [7, 11) is 0. The van der Waals surface area contributed by atoms with E-state index >= 15 is 0 Å². The molecule has 0 radical (unpaired) electrons. The number of rotatable bonds is 2. The number of pyridine rings is 1. The van der Waals surface area contributed by atoms with Crippen molar-refractivity contribution in [1.29, 1.82) is 0 Å². The van der Waals surface area contributed by atoms with E-state index in [-0.39, 0.29) is 11.5 Å². The summed E-state index contributed by atoms with van der Waals surface area (Å²) in [6.45, 7) is 1.44. The van der Waals surface area contributed by atoms with E-state index in [1.807, 2.05) is 6.20 Å². The zero-order valence-electron chi connectivity index (χ0n) is 9.74. The molecule has 6 heteroatoms. The summed E-state index contributed by atoms with van der Waals surface area (Å²) in [6.07, 6.45) is 3.61. The summed E-state index contributed by atoms with van der Waals surface area (Å²) in [5, 5.41) is 17.3. The largest absolute Gasteiger partial charge is 0.478 e. The highest BCUT2D eigenvalue weighted by Gasteiger charge is 2.22. The smallest absolute Gasteiger partial charge is 0.339 e. The van der Waals surface area contributed by atoms with E-state index in [1.54, 1.807) is 16.5 Å². The predicted molar refractivity (Wildman–Crippen MR) is 62.7 cm³/mol. The zero-order valence-corrected chi connectivity index (χ0v) is 9.74. The van der Waals surface area contributed by atoms with Crippen molar-refractivity contribution in [1.82, 2.24) is 14.6 Å². The topological polar surface area (TPSA) is 76.7 Å². The van der Waals surface area contributed by atoms with Crippen LogP contribution in [0.15, 0.2) is 18.3 Å². The number of carboxylic acid groups (broad SMARTS) is 1. The van der Waals surface area contributed by atoms with E-state index < -0.39 is 5.97 Å². The van der Waals surface area contributed by atoms with Crippen LogP contribution in [-0.2, 0) is 4.74 Å². The Kier molecular flexibility index (Phi) is 2.71. The number of carbonyl (C=O) groups is 1. The van der Waals surface area contributed by atoms with Crippen molar-refractivity contribution in [3.8, 4) is 0 Å². The Hall–Kier alpha value is -1.95. The van der Waals surface area contributed by atoms with Gasteiger partial charge in [-0.2, -0.15) is 0 Å². The lowest BCUT2D eigenvalue weighted by atomic mass is 9.99. The highest BCUT2D eigenvalue weighted by molar-refractivity contribution is 5.94. The Morgan fingerprint density at radius 3 is 2.89 bits per heavy atom. The molecule has 0 aliphatic carbocycles. The van der Waals surface area contributed by atoms with E-state index in [1.165, 1.54) is 0 Å². The fraction of sp³-hybridized carbons (Fsp3) is 0.417. The lowest BCUT2D eigenvalue weighted by Crippen LogP contribution is -2.16. The van der Waals surface area contributed by atoms with Crippen molar-refractivity contribution in [2.75, 3.05) is 13.2 Å². The van der Waals surface area contributed by atoms with Crippen molar-refractivity contribution in [2.24, 2.45) is 0 Å². The first-order valence-corrected chi connectivity index (χ1v) is 5.92. The molecule has 1 aliphatic rings. The van der Waals surface area contributed by atoms with Crippen molar-refractivity contribution in [3.63, 3.8) is 0 Å². The third kappa shape index (κ3) is 1.74. The van der Waals surface area contributed by atoms with Gasteiger partial charge in [0.25, 0.3) is 0 Å². The molecule has 2 aromatic heterocycles. The maximum atomic E-state index is 11.1. The van der Waals surface area contributed by atoms with Gasteiger partial charge in [-0.05, 0) is 25.0 Å². The van der Waals surface area contributed by atoms with Crippen LogP contribution < -0.4 is 0 Å². The first kappa shape index (κ1) is 11.2. The first-order chi connectivity index (χ1) is 8.77. The molecule has 18 heavy (non-hydrogen) atoms. The number of aromatic carboxylic acids is 1. The summed E-state index contributed by atoms with van der Waals surface area (Å²) in [4.78, 5) is 11.1. The maximum absolute atomic E-state index is 11.1. The van der Waals surface area contributed by atoms with Crippen LogP contribution in [0.1, 0.15) is 34.9 Å². The first-order valence-electron chi connectivity index (χ1n) is 5.92. The van der Waals surface area contributed by atoms with Crippen LogP contribution in [0.25, 0.3) is 5.65 Å². The molecule has 0 saturated carbocycles. The van der Waals surface area contributed by atoms with Crippen molar-refractivity contribution < 1.29 is 14.6 Å². The number of hydrogen-bond donors (Lipinski definition) is 1. The number of ether oxygens (including phenoxy) is 1. The molecule has 0 aromatic carbocycles. The molecule has 1 aliphatic heterocycles. The molecule has 3 rings (SSSR count). The Balaban J connectivity index is 2.08. The van der Waals surface area contributed by atoms with Crippen molar-refractivity contribution >= 4 is 11.6 Å². The van der Waals surface area contributed by atoms with Gasteiger partial charge in [0.15, 0.2) is 5.65 Å². The molecule has 6 nitrogen and oxygen atoms in total. The van der Waals surface area contributed by atoms with Crippen LogP contribution in [0.5, 0.6) is 0 Å². The number of aromatic nitrogens is 3. The number of hydrogen-bond acceptors (Lipinski definition) is 4.